The molecule has 1 fully saturated rings. The van der Waals surface area contributed by atoms with Crippen molar-refractivity contribution < 1.29 is 9.53 Å². The predicted octanol–water partition coefficient (Wildman–Crippen LogP) is 2.99. The van der Waals surface area contributed by atoms with Gasteiger partial charge < -0.3 is 10.1 Å². The molecule has 3 nitrogen and oxygen atoms in total. The fourth-order valence-electron chi connectivity index (χ4n) is 1.96. The van der Waals surface area contributed by atoms with Gasteiger partial charge in [-0.3, -0.25) is 4.79 Å². The predicted molar refractivity (Wildman–Crippen MR) is 65.1 cm³/mol. The van der Waals surface area contributed by atoms with Crippen molar-refractivity contribution in [2.45, 2.75) is 70.9 Å². The monoisotopic (exact) mass is 227 g/mol. The smallest absolute Gasteiger partial charge is 0.221 e. The zero-order valence-electron chi connectivity index (χ0n) is 10.5. The zero-order valence-corrected chi connectivity index (χ0v) is 10.5. The summed E-state index contributed by atoms with van der Waals surface area (Å²) in [6.07, 6.45) is 9.70. The number of unbranched alkanes of at least 4 members (excludes halogenated alkanes) is 1. The van der Waals surface area contributed by atoms with Gasteiger partial charge in [-0.1, -0.05) is 32.6 Å². The topological polar surface area (TPSA) is 38.3 Å². The van der Waals surface area contributed by atoms with E-state index in [0.29, 0.717) is 6.42 Å². The van der Waals surface area contributed by atoms with E-state index in [1.807, 2.05) is 0 Å². The summed E-state index contributed by atoms with van der Waals surface area (Å²) < 4.78 is 5.69. The molecule has 0 bridgehead atoms. The van der Waals surface area contributed by atoms with Crippen molar-refractivity contribution in [2.24, 2.45) is 0 Å². The van der Waals surface area contributed by atoms with E-state index in [2.05, 4.69) is 12.2 Å². The minimum atomic E-state index is -0.0443. The first-order chi connectivity index (χ1) is 7.83. The third kappa shape index (κ3) is 6.11. The summed E-state index contributed by atoms with van der Waals surface area (Å²) in [5, 5.41) is 2.98. The molecule has 1 heterocycles. The number of nitrogens with one attached hydrogen (secondary N) is 1. The van der Waals surface area contributed by atoms with E-state index >= 15 is 0 Å². The van der Waals surface area contributed by atoms with Gasteiger partial charge in [0.05, 0.1) is 0 Å². The zero-order chi connectivity index (χ0) is 11.6. The second-order valence-electron chi connectivity index (χ2n) is 4.59. The first kappa shape index (κ1) is 13.5. The molecule has 1 N–H and O–H groups in total. The lowest BCUT2D eigenvalue weighted by atomic mass is 10.1. The van der Waals surface area contributed by atoms with Crippen molar-refractivity contribution in [1.82, 2.24) is 5.32 Å². The Balaban J connectivity index is 2.28. The van der Waals surface area contributed by atoms with Gasteiger partial charge in [-0.25, -0.2) is 0 Å². The molecule has 0 aromatic carbocycles. The summed E-state index contributed by atoms with van der Waals surface area (Å²) in [5.41, 5.74) is 0. The number of hydrogen-bond acceptors (Lipinski definition) is 2. The highest BCUT2D eigenvalue weighted by Crippen LogP contribution is 2.12. The molecule has 0 saturated carbocycles. The van der Waals surface area contributed by atoms with Crippen molar-refractivity contribution in [3.8, 4) is 0 Å². The van der Waals surface area contributed by atoms with Gasteiger partial charge in [0.15, 0.2) is 0 Å². The molecule has 1 aliphatic rings. The van der Waals surface area contributed by atoms with Gasteiger partial charge >= 0.3 is 0 Å². The third-order valence-electron chi connectivity index (χ3n) is 3.01. The highest BCUT2D eigenvalue weighted by atomic mass is 16.5. The van der Waals surface area contributed by atoms with Crippen molar-refractivity contribution in [3.05, 3.63) is 0 Å². The van der Waals surface area contributed by atoms with Crippen LogP contribution in [0.3, 0.4) is 0 Å². The Morgan fingerprint density at radius 1 is 1.25 bits per heavy atom. The van der Waals surface area contributed by atoms with Crippen LogP contribution in [0.2, 0.25) is 0 Å². The van der Waals surface area contributed by atoms with Crippen LogP contribution in [-0.4, -0.2) is 18.7 Å². The highest BCUT2D eigenvalue weighted by molar-refractivity contribution is 5.75. The van der Waals surface area contributed by atoms with Crippen LogP contribution in [0.15, 0.2) is 0 Å². The lowest BCUT2D eigenvalue weighted by molar-refractivity contribution is -0.126. The van der Waals surface area contributed by atoms with Crippen molar-refractivity contribution in [2.75, 3.05) is 6.61 Å². The van der Waals surface area contributed by atoms with Crippen LogP contribution in [0.4, 0.5) is 0 Å². The quantitative estimate of drug-likeness (QED) is 0.750. The molecule has 1 unspecified atom stereocenters. The molecular formula is C13H25NO2. The van der Waals surface area contributed by atoms with Gasteiger partial charge in [-0.05, 0) is 25.7 Å². The summed E-state index contributed by atoms with van der Waals surface area (Å²) in [4.78, 5) is 11.6. The Morgan fingerprint density at radius 3 is 2.81 bits per heavy atom. The van der Waals surface area contributed by atoms with Gasteiger partial charge in [0.25, 0.3) is 0 Å². The molecule has 1 amide bonds. The molecule has 0 spiro atoms. The number of carbonyl (C=O) groups excluding carboxylic acids is 1. The second kappa shape index (κ2) is 8.57. The Morgan fingerprint density at radius 2 is 2.00 bits per heavy atom. The number of rotatable bonds is 4. The molecule has 0 aliphatic carbocycles. The van der Waals surface area contributed by atoms with Gasteiger partial charge in [0.1, 0.15) is 6.23 Å². The average Bonchev–Trinajstić information content (AvgIpc) is 2.28. The highest BCUT2D eigenvalue weighted by Gasteiger charge is 2.13. The van der Waals surface area contributed by atoms with E-state index in [0.717, 1.165) is 38.7 Å². The minimum absolute atomic E-state index is 0.0443. The van der Waals surface area contributed by atoms with E-state index in [9.17, 15) is 4.79 Å². The molecule has 0 aromatic heterocycles. The number of carbonyl (C=O) groups is 1. The largest absolute Gasteiger partial charge is 0.359 e. The summed E-state index contributed by atoms with van der Waals surface area (Å²) >= 11 is 0. The fraction of sp³-hybridized carbons (Fsp3) is 0.923. The molecular weight excluding hydrogens is 202 g/mol. The van der Waals surface area contributed by atoms with Gasteiger partial charge in [-0.15, -0.1) is 0 Å². The van der Waals surface area contributed by atoms with Crippen LogP contribution in [0.5, 0.6) is 0 Å². The minimum Gasteiger partial charge on any atom is -0.359 e. The van der Waals surface area contributed by atoms with Crippen LogP contribution in [0, 0.1) is 0 Å². The van der Waals surface area contributed by atoms with E-state index in [1.54, 1.807) is 0 Å². The summed E-state index contributed by atoms with van der Waals surface area (Å²) in [5.74, 6) is 0.156. The molecule has 1 atom stereocenters. The molecule has 0 radical (unpaired) electrons. The number of ether oxygens (including phenoxy) is 1. The lowest BCUT2D eigenvalue weighted by Gasteiger charge is -2.20. The van der Waals surface area contributed by atoms with Crippen molar-refractivity contribution >= 4 is 5.91 Å². The van der Waals surface area contributed by atoms with Crippen LogP contribution in [-0.2, 0) is 9.53 Å². The van der Waals surface area contributed by atoms with Crippen LogP contribution >= 0.6 is 0 Å². The SMILES string of the molecule is CCCCOC1CCCCCCCC(=O)N1. The van der Waals surface area contributed by atoms with Crippen LogP contribution < -0.4 is 5.32 Å². The Bertz CT molecular complexity index is 192. The second-order valence-corrected chi connectivity index (χ2v) is 4.59. The van der Waals surface area contributed by atoms with Gasteiger partial charge in [0, 0.05) is 13.0 Å². The molecule has 94 valence electrons. The van der Waals surface area contributed by atoms with Crippen molar-refractivity contribution in [3.63, 3.8) is 0 Å². The molecule has 1 rings (SSSR count). The van der Waals surface area contributed by atoms with E-state index in [4.69, 9.17) is 4.74 Å². The first-order valence-electron chi connectivity index (χ1n) is 6.74. The normalized spacial score (nSPS) is 23.8. The molecule has 1 saturated heterocycles. The average molecular weight is 227 g/mol. The van der Waals surface area contributed by atoms with Gasteiger partial charge in [-0.2, -0.15) is 0 Å². The third-order valence-corrected chi connectivity index (χ3v) is 3.01. The molecule has 1 aliphatic heterocycles. The summed E-state index contributed by atoms with van der Waals surface area (Å²) in [7, 11) is 0. The first-order valence-corrected chi connectivity index (χ1v) is 6.74. The maximum atomic E-state index is 11.6. The maximum Gasteiger partial charge on any atom is 0.221 e. The standard InChI is InChI=1S/C13H25NO2/c1-2-3-11-16-13-10-8-6-4-5-7-9-12(15)14-13/h13H,2-11H2,1H3,(H,14,15). The Hall–Kier alpha value is -0.570. The molecule has 0 aromatic rings. The van der Waals surface area contributed by atoms with Crippen molar-refractivity contribution in [1.29, 1.82) is 0 Å². The van der Waals surface area contributed by atoms with Crippen LogP contribution in [0.25, 0.3) is 0 Å². The molecule has 16 heavy (non-hydrogen) atoms. The number of amides is 1. The van der Waals surface area contributed by atoms with E-state index in [-0.39, 0.29) is 12.1 Å². The van der Waals surface area contributed by atoms with Crippen LogP contribution in [0.1, 0.15) is 64.7 Å². The molecule has 3 heteroatoms. The Labute approximate surface area is 98.9 Å². The summed E-state index contributed by atoms with van der Waals surface area (Å²) in [6.45, 7) is 2.91. The van der Waals surface area contributed by atoms with E-state index in [1.165, 1.54) is 19.3 Å². The maximum absolute atomic E-state index is 11.6. The number of hydrogen-bond donors (Lipinski definition) is 1. The fourth-order valence-corrected chi connectivity index (χ4v) is 1.96. The Kier molecular flexibility index (Phi) is 7.23. The lowest BCUT2D eigenvalue weighted by Crippen LogP contribution is -2.37. The van der Waals surface area contributed by atoms with E-state index < -0.39 is 0 Å². The summed E-state index contributed by atoms with van der Waals surface area (Å²) in [6, 6.07) is 0. The van der Waals surface area contributed by atoms with Gasteiger partial charge in [0.2, 0.25) is 5.91 Å².